The van der Waals surface area contributed by atoms with Gasteiger partial charge in [0, 0.05) is 12.7 Å². The third kappa shape index (κ3) is 3.21. The number of carbonyl (C=O) groups excluding carboxylic acids is 3. The molecule has 0 fully saturated rings. The van der Waals surface area contributed by atoms with Crippen LogP contribution in [0.2, 0.25) is 0 Å². The Morgan fingerprint density at radius 2 is 1.88 bits per heavy atom. The Bertz CT molecular complexity index is 846. The molecule has 0 aliphatic carbocycles. The van der Waals surface area contributed by atoms with E-state index in [4.69, 9.17) is 9.47 Å². The average Bonchev–Trinajstić information content (AvgIpc) is 2.91. The zero-order chi connectivity index (χ0) is 18.7. The van der Waals surface area contributed by atoms with E-state index >= 15 is 0 Å². The van der Waals surface area contributed by atoms with Crippen LogP contribution in [0.15, 0.2) is 36.5 Å². The highest BCUT2D eigenvalue weighted by Gasteiger charge is 2.37. The van der Waals surface area contributed by atoms with Gasteiger partial charge in [-0.2, -0.15) is 0 Å². The summed E-state index contributed by atoms with van der Waals surface area (Å²) in [6, 6.07) is 8.35. The molecule has 0 spiro atoms. The number of hydrogen-bond donors (Lipinski definition) is 1. The normalized spacial score (nSPS) is 12.8. The third-order valence-corrected chi connectivity index (χ3v) is 3.97. The first-order valence-electron chi connectivity index (χ1n) is 7.84. The van der Waals surface area contributed by atoms with Gasteiger partial charge in [-0.1, -0.05) is 6.07 Å². The Labute approximate surface area is 149 Å². The predicted molar refractivity (Wildman–Crippen MR) is 91.0 cm³/mol. The number of ether oxygens (including phenoxy) is 2. The van der Waals surface area contributed by atoms with E-state index in [2.05, 4.69) is 10.3 Å². The van der Waals surface area contributed by atoms with Crippen molar-refractivity contribution in [2.45, 2.75) is 6.54 Å². The van der Waals surface area contributed by atoms with Crippen LogP contribution in [-0.2, 0) is 11.3 Å². The van der Waals surface area contributed by atoms with E-state index in [0.717, 1.165) is 10.5 Å². The summed E-state index contributed by atoms with van der Waals surface area (Å²) in [5.74, 6) is -0.396. The molecule has 8 nitrogen and oxygen atoms in total. The number of imide groups is 1. The molecule has 2 heterocycles. The zero-order valence-electron chi connectivity index (χ0n) is 14.3. The summed E-state index contributed by atoms with van der Waals surface area (Å²) in [6.45, 7) is -0.137. The molecule has 0 saturated heterocycles. The van der Waals surface area contributed by atoms with Crippen molar-refractivity contribution in [3.63, 3.8) is 0 Å². The molecule has 0 radical (unpaired) electrons. The summed E-state index contributed by atoms with van der Waals surface area (Å²) in [6.07, 6.45) is 1.44. The number of hydrogen-bond acceptors (Lipinski definition) is 6. The lowest BCUT2D eigenvalue weighted by molar-refractivity contribution is -0.121. The van der Waals surface area contributed by atoms with Gasteiger partial charge in [-0.25, -0.2) is 0 Å². The summed E-state index contributed by atoms with van der Waals surface area (Å²) in [7, 11) is 3.06. The Morgan fingerprint density at radius 3 is 2.58 bits per heavy atom. The maximum atomic E-state index is 12.2. The molecule has 1 N–H and O–H groups in total. The fourth-order valence-corrected chi connectivity index (χ4v) is 2.65. The molecule has 134 valence electrons. The summed E-state index contributed by atoms with van der Waals surface area (Å²) in [4.78, 5) is 41.4. The maximum absolute atomic E-state index is 12.2. The van der Waals surface area contributed by atoms with Crippen molar-refractivity contribution < 1.29 is 23.9 Å². The van der Waals surface area contributed by atoms with Crippen LogP contribution in [0.3, 0.4) is 0 Å². The molecule has 8 heteroatoms. The Hall–Kier alpha value is -3.42. The van der Waals surface area contributed by atoms with Gasteiger partial charge in [-0.15, -0.1) is 0 Å². The number of pyridine rings is 1. The monoisotopic (exact) mass is 355 g/mol. The van der Waals surface area contributed by atoms with Gasteiger partial charge in [0.1, 0.15) is 12.2 Å². The second-order valence-corrected chi connectivity index (χ2v) is 5.56. The molecule has 1 aromatic heterocycles. The molecule has 0 unspecified atom stereocenters. The number of nitrogens with zero attached hydrogens (tertiary/aromatic N) is 2. The van der Waals surface area contributed by atoms with Crippen LogP contribution in [0.1, 0.15) is 26.4 Å². The van der Waals surface area contributed by atoms with Crippen molar-refractivity contribution in [3.8, 4) is 11.5 Å². The van der Waals surface area contributed by atoms with Crippen LogP contribution in [0.5, 0.6) is 11.5 Å². The van der Waals surface area contributed by atoms with Crippen molar-refractivity contribution in [1.29, 1.82) is 0 Å². The van der Waals surface area contributed by atoms with E-state index in [1.165, 1.54) is 26.5 Å². The minimum absolute atomic E-state index is 0.0743. The fraction of sp³-hybridized carbons (Fsp3) is 0.222. The zero-order valence-corrected chi connectivity index (χ0v) is 14.3. The molecule has 2 aromatic rings. The number of amides is 3. The molecule has 1 aliphatic heterocycles. The Morgan fingerprint density at radius 1 is 1.12 bits per heavy atom. The van der Waals surface area contributed by atoms with Gasteiger partial charge in [0.25, 0.3) is 11.8 Å². The molecule has 1 aliphatic rings. The standard InChI is InChI=1S/C18H17N3O5/c1-25-13-6-5-11(8-14(13)26-2)9-20-15(22)10-21-17(23)12-4-3-7-19-16(12)18(21)24/h3-8H,9-10H2,1-2H3,(H,20,22). The first-order valence-corrected chi connectivity index (χ1v) is 7.84. The molecule has 3 amide bonds. The fourth-order valence-electron chi connectivity index (χ4n) is 2.65. The lowest BCUT2D eigenvalue weighted by atomic mass is 10.2. The number of rotatable bonds is 6. The van der Waals surface area contributed by atoms with Gasteiger partial charge in [0.05, 0.1) is 19.8 Å². The van der Waals surface area contributed by atoms with E-state index in [1.807, 2.05) is 0 Å². The molecule has 0 bridgehead atoms. The number of aromatic nitrogens is 1. The highest BCUT2D eigenvalue weighted by molar-refractivity contribution is 6.21. The summed E-state index contributed by atoms with van der Waals surface area (Å²) >= 11 is 0. The second kappa shape index (κ2) is 7.22. The summed E-state index contributed by atoms with van der Waals surface area (Å²) in [5, 5.41) is 2.68. The van der Waals surface area contributed by atoms with Crippen LogP contribution in [0.25, 0.3) is 0 Å². The number of fused-ring (bicyclic) bond motifs is 1. The molecule has 26 heavy (non-hydrogen) atoms. The van der Waals surface area contributed by atoms with Crippen molar-refractivity contribution in [1.82, 2.24) is 15.2 Å². The summed E-state index contributed by atoms with van der Waals surface area (Å²) in [5.41, 5.74) is 1.08. The molecule has 1 aromatic carbocycles. The minimum Gasteiger partial charge on any atom is -0.493 e. The lowest BCUT2D eigenvalue weighted by Gasteiger charge is -2.14. The van der Waals surface area contributed by atoms with Crippen molar-refractivity contribution in [3.05, 3.63) is 53.3 Å². The number of benzene rings is 1. The number of methoxy groups -OCH3 is 2. The topological polar surface area (TPSA) is 97.8 Å². The molecular weight excluding hydrogens is 338 g/mol. The largest absolute Gasteiger partial charge is 0.493 e. The number of nitrogens with one attached hydrogen (secondary N) is 1. The quantitative estimate of drug-likeness (QED) is 0.777. The number of carbonyl (C=O) groups is 3. The van der Waals surface area contributed by atoms with Crippen molar-refractivity contribution in [2.24, 2.45) is 0 Å². The van der Waals surface area contributed by atoms with E-state index in [9.17, 15) is 14.4 Å². The Balaban J connectivity index is 1.62. The summed E-state index contributed by atoms with van der Waals surface area (Å²) < 4.78 is 10.4. The van der Waals surface area contributed by atoms with Crippen LogP contribution < -0.4 is 14.8 Å². The minimum atomic E-state index is -0.563. The van der Waals surface area contributed by atoms with Crippen LogP contribution >= 0.6 is 0 Å². The van der Waals surface area contributed by atoms with E-state index in [0.29, 0.717) is 11.5 Å². The van der Waals surface area contributed by atoms with Gasteiger partial charge in [0.15, 0.2) is 11.5 Å². The first-order chi connectivity index (χ1) is 12.5. The van der Waals surface area contributed by atoms with E-state index in [-0.39, 0.29) is 24.3 Å². The van der Waals surface area contributed by atoms with Gasteiger partial charge >= 0.3 is 0 Å². The first kappa shape index (κ1) is 17.4. The van der Waals surface area contributed by atoms with E-state index < -0.39 is 17.7 Å². The van der Waals surface area contributed by atoms with Crippen LogP contribution in [0, 0.1) is 0 Å². The maximum Gasteiger partial charge on any atom is 0.280 e. The van der Waals surface area contributed by atoms with Gasteiger partial charge < -0.3 is 14.8 Å². The van der Waals surface area contributed by atoms with Gasteiger partial charge in [-0.3, -0.25) is 24.3 Å². The van der Waals surface area contributed by atoms with Gasteiger partial charge in [-0.05, 0) is 29.8 Å². The highest BCUT2D eigenvalue weighted by Crippen LogP contribution is 2.27. The van der Waals surface area contributed by atoms with Gasteiger partial charge in [0.2, 0.25) is 5.91 Å². The molecule has 0 atom stereocenters. The highest BCUT2D eigenvalue weighted by atomic mass is 16.5. The van der Waals surface area contributed by atoms with E-state index in [1.54, 1.807) is 24.3 Å². The molecular formula is C18H17N3O5. The SMILES string of the molecule is COc1ccc(CNC(=O)CN2C(=O)c3cccnc3C2=O)cc1OC. The van der Waals surface area contributed by atoms with Crippen LogP contribution in [-0.4, -0.2) is 48.4 Å². The predicted octanol–water partition coefficient (Wildman–Crippen LogP) is 1.01. The average molecular weight is 355 g/mol. The lowest BCUT2D eigenvalue weighted by Crippen LogP contribution is -2.40. The smallest absolute Gasteiger partial charge is 0.280 e. The van der Waals surface area contributed by atoms with Crippen molar-refractivity contribution >= 4 is 17.7 Å². The van der Waals surface area contributed by atoms with Crippen molar-refractivity contribution in [2.75, 3.05) is 20.8 Å². The molecule has 3 rings (SSSR count). The molecule has 0 saturated carbocycles. The van der Waals surface area contributed by atoms with Crippen LogP contribution in [0.4, 0.5) is 0 Å². The third-order valence-electron chi connectivity index (χ3n) is 3.97. The second-order valence-electron chi connectivity index (χ2n) is 5.56. The Kier molecular flexibility index (Phi) is 4.83.